The number of hydrogen-bond donors (Lipinski definition) is 2. The molecule has 45 heteroatoms. The van der Waals surface area contributed by atoms with Crippen molar-refractivity contribution in [2.24, 2.45) is 0 Å². The maximum absolute atomic E-state index is 6.45. The fraction of sp³-hybridized carbons (Fsp3) is 0.600. The van der Waals surface area contributed by atoms with Gasteiger partial charge in [-0.05, 0) is 49.9 Å². The molecule has 1 aromatic carbocycles. The molecule has 1 fully saturated rings. The number of hydrogen-bond acceptors (Lipinski definition) is 5. The topological polar surface area (TPSA) is 61.3 Å². The molecule has 2 aliphatic rings. The second-order valence-corrected chi connectivity index (χ2v) is 79.7. The number of anilines is 2. The van der Waals surface area contributed by atoms with Crippen molar-refractivity contribution in [3.05, 3.63) is 23.3 Å². The normalized spacial score (nSPS) is 12.6. The van der Waals surface area contributed by atoms with Gasteiger partial charge in [-0.15, -0.1) is 0 Å². The third-order valence-electron chi connectivity index (χ3n) is 5.56. The maximum atomic E-state index is 6.45. The standard InChI is InChI=1S/C15H22N2O.S42/c1-14(2)10-8-12(16)13(17)9-11(10)15(18-14)6-4-3-5-7-15;1-3-5-7-9-11-13-15-17-19-21-23-25-27-29-31-33-35-37-39-41-42-40-38-36-34-32-30-28-26-24-22-20-18-16-14-12-10-8-6-4-2/h8-9H,3-7,16-17H2,1-2H3;. The Morgan fingerprint density at radius 2 is 0.583 bits per heavy atom. The summed E-state index contributed by atoms with van der Waals surface area (Å²) in [6, 6.07) is 4.05. The first-order chi connectivity index (χ1) is 29.4. The summed E-state index contributed by atoms with van der Waals surface area (Å²) >= 11 is 9.61. The van der Waals surface area contributed by atoms with Gasteiger partial charge in [0.15, 0.2) is 0 Å². The molecule has 1 aromatic rings. The number of rotatable bonds is 0. The fourth-order valence-corrected chi connectivity index (χ4v) is 108. The zero-order valence-electron chi connectivity index (χ0n) is 28.4. The number of benzene rings is 1. The van der Waals surface area contributed by atoms with Gasteiger partial charge in [0.05, 0.1) is 22.6 Å². The van der Waals surface area contributed by atoms with E-state index in [9.17, 15) is 0 Å². The molecular weight excluding hydrogens is 1570 g/mol. The minimum absolute atomic E-state index is 0.112. The van der Waals surface area contributed by atoms with Gasteiger partial charge < -0.3 is 16.2 Å². The summed E-state index contributed by atoms with van der Waals surface area (Å²) in [5, 5.41) is 0. The van der Waals surface area contributed by atoms with E-state index in [4.69, 9.17) is 38.6 Å². The van der Waals surface area contributed by atoms with E-state index in [1.54, 1.807) is 107 Å². The molecule has 0 unspecified atom stereocenters. The lowest BCUT2D eigenvalue weighted by molar-refractivity contribution is -0.142. The third kappa shape index (κ3) is 33.7. The van der Waals surface area contributed by atoms with E-state index >= 15 is 0 Å². The van der Waals surface area contributed by atoms with E-state index in [2.05, 4.69) is 13.8 Å². The van der Waals surface area contributed by atoms with Crippen molar-refractivity contribution in [1.29, 1.82) is 0 Å². The molecule has 1 spiro atoms. The van der Waals surface area contributed by atoms with Gasteiger partial charge in [-0.1, -0.05) is 19.3 Å². The average Bonchev–Trinajstić information content (AvgIpc) is 3.44. The Morgan fingerprint density at radius 3 is 0.817 bits per heavy atom. The molecule has 0 bridgehead atoms. The van der Waals surface area contributed by atoms with Crippen molar-refractivity contribution in [3.8, 4) is 0 Å². The van der Waals surface area contributed by atoms with Crippen molar-refractivity contribution >= 4 is 389 Å². The van der Waals surface area contributed by atoms with Gasteiger partial charge in [-0.25, -0.2) is 0 Å². The molecule has 350 valence electrons. The van der Waals surface area contributed by atoms with Gasteiger partial charge in [-0.3, -0.25) is 0 Å². The second-order valence-electron chi connectivity index (χ2n) is 8.92. The summed E-state index contributed by atoms with van der Waals surface area (Å²) in [6.07, 6.45) is 5.99. The summed E-state index contributed by atoms with van der Waals surface area (Å²) in [5.41, 5.74) is 15.4. The molecule has 0 atom stereocenters. The summed E-state index contributed by atoms with van der Waals surface area (Å²) in [7, 11) is 71.1. The van der Waals surface area contributed by atoms with Crippen LogP contribution < -0.4 is 11.5 Å². The van der Waals surface area contributed by atoms with E-state index in [1.165, 1.54) is 48.2 Å². The highest BCUT2D eigenvalue weighted by Gasteiger charge is 2.49. The van der Waals surface area contributed by atoms with Crippen molar-refractivity contribution in [3.63, 3.8) is 0 Å². The molecule has 0 radical (unpaired) electrons. The molecule has 1 aliphatic carbocycles. The lowest BCUT2D eigenvalue weighted by atomic mass is 9.78. The third-order valence-corrected chi connectivity index (χ3v) is 92.2. The second kappa shape index (κ2) is 45.6. The monoisotopic (exact) mass is 1590 g/mol. The Hall–Kier alpha value is 8.02. The number of ether oxygens (including phenoxy) is 1. The zero-order valence-corrected chi connectivity index (χ0v) is 62.7. The molecule has 4 N–H and O–H groups in total. The first kappa shape index (κ1) is 64.1. The van der Waals surface area contributed by atoms with Crippen LogP contribution in [-0.2, 0) is 394 Å². The van der Waals surface area contributed by atoms with Crippen LogP contribution in [-0.4, -0.2) is 0 Å². The summed E-state index contributed by atoms with van der Waals surface area (Å²) in [6.45, 7) is 4.26. The summed E-state index contributed by atoms with van der Waals surface area (Å²) in [5.74, 6) is 0. The van der Waals surface area contributed by atoms with Gasteiger partial charge in [-0.2, -0.15) is 0 Å². The molecule has 0 aromatic heterocycles. The Balaban J connectivity index is 0.000000560. The Labute approximate surface area is 473 Å². The quantitative estimate of drug-likeness (QED) is 0.392. The molecule has 3 nitrogen and oxygen atoms in total. The van der Waals surface area contributed by atoms with E-state index < -0.39 is 0 Å². The lowest BCUT2D eigenvalue weighted by Gasteiger charge is -2.36. The van der Waals surface area contributed by atoms with Crippen LogP contribution in [0.4, 0.5) is 11.4 Å². The molecule has 60 heavy (non-hydrogen) atoms. The smallest absolute Gasteiger partial charge is 0.0947 e. The fourth-order valence-electron chi connectivity index (χ4n) is 4.03. The minimum atomic E-state index is -0.255. The predicted octanol–water partition coefficient (Wildman–Crippen LogP) is 3.17. The highest BCUT2D eigenvalue weighted by molar-refractivity contribution is 8.81. The SMILES string of the molecule is CC1(C)OC2(CCCCC2)c2cc(N)c(N)cc21.S=S=S=S=S=S=S=S=S=S=S=S=S=S=S=S=S=S=S=S=S=S=S=S=S=S=S=S=S=S=S=S=S=S=S=S=S=S=S=S=S=S. The number of fused-ring (bicyclic) bond motifs is 2. The average molecular weight is 1590 g/mol. The zero-order chi connectivity index (χ0) is 43.3. The van der Waals surface area contributed by atoms with Crippen LogP contribution in [0, 0.1) is 0 Å². The number of nitrogen functional groups attached to an aromatic ring is 2. The van der Waals surface area contributed by atoms with E-state index in [-0.39, 0.29) is 11.2 Å². The van der Waals surface area contributed by atoms with Crippen molar-refractivity contribution < 1.29 is 4.74 Å². The summed E-state index contributed by atoms with van der Waals surface area (Å²) in [4.78, 5) is 0. The molecule has 3 rings (SSSR count). The van der Waals surface area contributed by atoms with Crippen LogP contribution in [0.3, 0.4) is 0 Å². The molecule has 1 aliphatic heterocycles. The van der Waals surface area contributed by atoms with Crippen LogP contribution in [0.15, 0.2) is 12.1 Å². The Kier molecular flexibility index (Phi) is 48.8. The Morgan fingerprint density at radius 1 is 0.367 bits per heavy atom. The van der Waals surface area contributed by atoms with Gasteiger partial charge in [0, 0.05) is 378 Å². The van der Waals surface area contributed by atoms with Crippen LogP contribution in [0.5, 0.6) is 0 Å². The van der Waals surface area contributed by atoms with Gasteiger partial charge in [0.1, 0.15) is 0 Å². The van der Waals surface area contributed by atoms with E-state index in [1.807, 2.05) is 243 Å². The van der Waals surface area contributed by atoms with Gasteiger partial charge >= 0.3 is 0 Å². The van der Waals surface area contributed by atoms with Crippen molar-refractivity contribution in [1.82, 2.24) is 0 Å². The molecule has 0 saturated heterocycles. The van der Waals surface area contributed by atoms with Crippen molar-refractivity contribution in [2.45, 2.75) is 57.2 Å². The predicted molar refractivity (Wildman–Crippen MR) is 383 cm³/mol. The first-order valence-corrected chi connectivity index (χ1v) is 68.3. The van der Waals surface area contributed by atoms with Crippen LogP contribution in [0.25, 0.3) is 0 Å². The largest absolute Gasteiger partial charge is 0.397 e. The van der Waals surface area contributed by atoms with Crippen LogP contribution in [0.1, 0.15) is 57.1 Å². The highest BCUT2D eigenvalue weighted by atomic mass is 33.5. The minimum Gasteiger partial charge on any atom is -0.397 e. The molecule has 1 saturated carbocycles. The molecule has 1 heterocycles. The first-order valence-electron chi connectivity index (χ1n) is 13.7. The van der Waals surface area contributed by atoms with Crippen molar-refractivity contribution in [2.75, 3.05) is 11.5 Å². The van der Waals surface area contributed by atoms with Crippen LogP contribution in [0.2, 0.25) is 0 Å². The number of nitrogens with two attached hydrogens (primary N) is 2. The van der Waals surface area contributed by atoms with Gasteiger partial charge in [0.25, 0.3) is 0 Å². The van der Waals surface area contributed by atoms with E-state index in [0.29, 0.717) is 11.4 Å². The molecule has 0 amide bonds. The molecular formula is C15H22N2OS42. The highest BCUT2D eigenvalue weighted by Crippen LogP contribution is 2.54. The Bertz CT molecular complexity index is 3440. The summed E-state index contributed by atoms with van der Waals surface area (Å²) < 4.78 is 6.45. The van der Waals surface area contributed by atoms with Crippen LogP contribution >= 0.6 is 0 Å². The maximum Gasteiger partial charge on any atom is 0.0947 e. The van der Waals surface area contributed by atoms with Gasteiger partial charge in [0.2, 0.25) is 0 Å². The van der Waals surface area contributed by atoms with E-state index in [0.717, 1.165) is 12.8 Å². The lowest BCUT2D eigenvalue weighted by Crippen LogP contribution is -2.31.